The van der Waals surface area contributed by atoms with Crippen LogP contribution in [0.25, 0.3) is 11.0 Å². The molecule has 2 nitrogen and oxygen atoms in total. The van der Waals surface area contributed by atoms with Crippen LogP contribution >= 0.6 is 11.8 Å². The molecule has 1 N–H and O–H groups in total. The van der Waals surface area contributed by atoms with Crippen LogP contribution in [0, 0.1) is 11.6 Å². The first-order chi connectivity index (χ1) is 8.70. The van der Waals surface area contributed by atoms with E-state index in [0.29, 0.717) is 10.1 Å². The summed E-state index contributed by atoms with van der Waals surface area (Å²) in [5, 5.41) is 0.612. The van der Waals surface area contributed by atoms with Gasteiger partial charge < -0.3 is 4.98 Å². The van der Waals surface area contributed by atoms with E-state index in [2.05, 4.69) is 9.97 Å². The molecule has 0 aliphatic heterocycles. The molecule has 0 aliphatic rings. The first kappa shape index (κ1) is 11.2. The highest BCUT2D eigenvalue weighted by Crippen LogP contribution is 2.28. The van der Waals surface area contributed by atoms with Gasteiger partial charge in [0.05, 0.1) is 11.0 Å². The van der Waals surface area contributed by atoms with E-state index in [-0.39, 0.29) is 0 Å². The molecular formula is C13H8F2N2S. The van der Waals surface area contributed by atoms with Crippen LogP contribution in [-0.2, 0) is 0 Å². The quantitative estimate of drug-likeness (QED) is 0.756. The lowest BCUT2D eigenvalue weighted by atomic mass is 10.3. The molecule has 0 radical (unpaired) electrons. The van der Waals surface area contributed by atoms with E-state index in [1.54, 1.807) is 0 Å². The van der Waals surface area contributed by atoms with Gasteiger partial charge in [0.25, 0.3) is 0 Å². The second-order valence-electron chi connectivity index (χ2n) is 3.77. The van der Waals surface area contributed by atoms with Gasteiger partial charge in [0.15, 0.2) is 5.16 Å². The van der Waals surface area contributed by atoms with Crippen LogP contribution in [0.15, 0.2) is 52.5 Å². The normalized spacial score (nSPS) is 11.0. The van der Waals surface area contributed by atoms with Crippen molar-refractivity contribution in [3.63, 3.8) is 0 Å². The number of rotatable bonds is 2. The molecule has 1 heterocycles. The molecule has 1 aromatic heterocycles. The largest absolute Gasteiger partial charge is 0.333 e. The van der Waals surface area contributed by atoms with Gasteiger partial charge in [-0.25, -0.2) is 13.8 Å². The van der Waals surface area contributed by atoms with Crippen LogP contribution in [0.5, 0.6) is 0 Å². The molecule has 0 spiro atoms. The smallest absolute Gasteiger partial charge is 0.171 e. The summed E-state index contributed by atoms with van der Waals surface area (Å²) in [4.78, 5) is 7.90. The number of imidazole rings is 1. The maximum atomic E-state index is 13.1. The Morgan fingerprint density at radius 1 is 1.00 bits per heavy atom. The summed E-state index contributed by atoms with van der Waals surface area (Å²) >= 11 is 1.19. The van der Waals surface area contributed by atoms with Crippen LogP contribution in [0.1, 0.15) is 0 Å². The summed E-state index contributed by atoms with van der Waals surface area (Å²) in [7, 11) is 0. The van der Waals surface area contributed by atoms with Crippen molar-refractivity contribution in [1.82, 2.24) is 9.97 Å². The van der Waals surface area contributed by atoms with Gasteiger partial charge in [-0.05, 0) is 24.3 Å². The summed E-state index contributed by atoms with van der Waals surface area (Å²) in [6.07, 6.45) is 0. The lowest BCUT2D eigenvalue weighted by Crippen LogP contribution is -1.82. The van der Waals surface area contributed by atoms with E-state index in [4.69, 9.17) is 0 Å². The number of aromatic amines is 1. The van der Waals surface area contributed by atoms with Gasteiger partial charge in [0.1, 0.15) is 11.6 Å². The zero-order valence-corrected chi connectivity index (χ0v) is 9.97. The number of nitrogens with one attached hydrogen (secondary N) is 1. The van der Waals surface area contributed by atoms with Crippen molar-refractivity contribution in [2.24, 2.45) is 0 Å². The number of nitrogens with zero attached hydrogens (tertiary/aromatic N) is 1. The van der Waals surface area contributed by atoms with Gasteiger partial charge in [-0.2, -0.15) is 0 Å². The Morgan fingerprint density at radius 3 is 2.44 bits per heavy atom. The zero-order chi connectivity index (χ0) is 12.5. The lowest BCUT2D eigenvalue weighted by Gasteiger charge is -1.98. The molecule has 0 saturated carbocycles. The van der Waals surface area contributed by atoms with Crippen molar-refractivity contribution >= 4 is 22.8 Å². The molecule has 0 bridgehead atoms. The highest BCUT2D eigenvalue weighted by atomic mass is 32.2. The molecule has 0 aliphatic carbocycles. The average molecular weight is 262 g/mol. The fourth-order valence-electron chi connectivity index (χ4n) is 1.68. The molecule has 0 saturated heterocycles. The third-order valence-corrected chi connectivity index (χ3v) is 3.28. The minimum Gasteiger partial charge on any atom is -0.333 e. The van der Waals surface area contributed by atoms with E-state index in [1.807, 2.05) is 24.3 Å². The molecule has 90 valence electrons. The number of aromatic nitrogens is 2. The monoisotopic (exact) mass is 262 g/mol. The molecule has 2 aromatic carbocycles. The Morgan fingerprint density at radius 2 is 1.72 bits per heavy atom. The summed E-state index contributed by atoms with van der Waals surface area (Å²) < 4.78 is 26.1. The number of para-hydroxylation sites is 2. The minimum atomic E-state index is -0.589. The van der Waals surface area contributed by atoms with Crippen LogP contribution in [0.3, 0.4) is 0 Å². The Hall–Kier alpha value is -1.88. The topological polar surface area (TPSA) is 28.7 Å². The Bertz CT molecular complexity index is 656. The zero-order valence-electron chi connectivity index (χ0n) is 9.15. The number of H-pyrrole nitrogens is 1. The molecule has 5 heteroatoms. The Balaban J connectivity index is 1.96. The number of hydrogen-bond acceptors (Lipinski definition) is 2. The summed E-state index contributed by atoms with van der Waals surface area (Å²) in [5.74, 6) is -1.18. The standard InChI is InChI=1S/C13H8F2N2S/c14-8-5-9(15)7-10(6-8)18-13-16-11-3-1-2-4-12(11)17-13/h1-7H,(H,16,17). The van der Waals surface area contributed by atoms with Crippen LogP contribution in [0.4, 0.5) is 8.78 Å². The number of benzene rings is 2. The predicted octanol–water partition coefficient (Wildman–Crippen LogP) is 3.99. The molecule has 3 aromatic rings. The van der Waals surface area contributed by atoms with Crippen molar-refractivity contribution in [2.45, 2.75) is 10.1 Å². The van der Waals surface area contributed by atoms with Crippen LogP contribution in [0.2, 0.25) is 0 Å². The number of hydrogen-bond donors (Lipinski definition) is 1. The molecular weight excluding hydrogens is 254 g/mol. The first-order valence-corrected chi connectivity index (χ1v) is 6.11. The molecule has 3 rings (SSSR count). The minimum absolute atomic E-state index is 0.478. The molecule has 0 unspecified atom stereocenters. The van der Waals surface area contributed by atoms with E-state index in [1.165, 1.54) is 23.9 Å². The highest BCUT2D eigenvalue weighted by Gasteiger charge is 2.06. The summed E-state index contributed by atoms with van der Waals surface area (Å²) in [6, 6.07) is 11.0. The maximum absolute atomic E-state index is 13.1. The second kappa shape index (κ2) is 4.42. The van der Waals surface area contributed by atoms with Gasteiger partial charge in [-0.15, -0.1) is 0 Å². The molecule has 18 heavy (non-hydrogen) atoms. The fourth-order valence-corrected chi connectivity index (χ4v) is 2.55. The number of fused-ring (bicyclic) bond motifs is 1. The van der Waals surface area contributed by atoms with Crippen LogP contribution in [-0.4, -0.2) is 9.97 Å². The van der Waals surface area contributed by atoms with Gasteiger partial charge in [-0.1, -0.05) is 23.9 Å². The van der Waals surface area contributed by atoms with Crippen molar-refractivity contribution in [3.05, 3.63) is 54.1 Å². The maximum Gasteiger partial charge on any atom is 0.171 e. The van der Waals surface area contributed by atoms with Crippen molar-refractivity contribution < 1.29 is 8.78 Å². The fraction of sp³-hybridized carbons (Fsp3) is 0. The Labute approximate surface area is 106 Å². The second-order valence-corrected chi connectivity index (χ2v) is 4.83. The predicted molar refractivity (Wildman–Crippen MR) is 66.6 cm³/mol. The van der Waals surface area contributed by atoms with Gasteiger partial charge in [-0.3, -0.25) is 0 Å². The summed E-state index contributed by atoms with van der Waals surface area (Å²) in [5.41, 5.74) is 1.73. The van der Waals surface area contributed by atoms with E-state index >= 15 is 0 Å². The van der Waals surface area contributed by atoms with Gasteiger partial charge in [0, 0.05) is 11.0 Å². The van der Waals surface area contributed by atoms with E-state index in [0.717, 1.165) is 17.1 Å². The molecule has 0 atom stereocenters. The summed E-state index contributed by atoms with van der Waals surface area (Å²) in [6.45, 7) is 0. The van der Waals surface area contributed by atoms with Crippen LogP contribution < -0.4 is 0 Å². The van der Waals surface area contributed by atoms with E-state index < -0.39 is 11.6 Å². The Kier molecular flexibility index (Phi) is 2.76. The van der Waals surface area contributed by atoms with Crippen molar-refractivity contribution in [3.8, 4) is 0 Å². The highest BCUT2D eigenvalue weighted by molar-refractivity contribution is 7.99. The van der Waals surface area contributed by atoms with Crippen molar-refractivity contribution in [1.29, 1.82) is 0 Å². The third-order valence-electron chi connectivity index (χ3n) is 2.42. The van der Waals surface area contributed by atoms with Gasteiger partial charge >= 0.3 is 0 Å². The average Bonchev–Trinajstić information content (AvgIpc) is 2.69. The number of halogens is 2. The molecule has 0 fully saturated rings. The molecule has 0 amide bonds. The van der Waals surface area contributed by atoms with E-state index in [9.17, 15) is 8.78 Å². The third kappa shape index (κ3) is 2.22. The van der Waals surface area contributed by atoms with Crippen molar-refractivity contribution in [2.75, 3.05) is 0 Å². The SMILES string of the molecule is Fc1cc(F)cc(Sc2nc3ccccc3[nH]2)c1. The first-order valence-electron chi connectivity index (χ1n) is 5.29. The lowest BCUT2D eigenvalue weighted by molar-refractivity contribution is 0.577. The van der Waals surface area contributed by atoms with Gasteiger partial charge in [0.2, 0.25) is 0 Å².